The van der Waals surface area contributed by atoms with Crippen LogP contribution in [0, 0.1) is 0 Å². The molecule has 0 unspecified atom stereocenters. The van der Waals surface area contributed by atoms with Crippen LogP contribution in [-0.4, -0.2) is 47.0 Å². The molecule has 0 fully saturated rings. The molecule has 0 aromatic heterocycles. The Labute approximate surface area is 143 Å². The van der Waals surface area contributed by atoms with Crippen molar-refractivity contribution in [2.75, 3.05) is 33.9 Å². The summed E-state index contributed by atoms with van der Waals surface area (Å²) in [4.78, 5) is 11.8. The molecular formula is C15H22N2O5S2. The van der Waals surface area contributed by atoms with Crippen molar-refractivity contribution < 1.29 is 21.6 Å². The van der Waals surface area contributed by atoms with Crippen molar-refractivity contribution in [1.29, 1.82) is 0 Å². The molecule has 1 aromatic rings. The number of amides is 1. The number of carbonyl (C=O) groups excluding carboxylic acids is 1. The fourth-order valence-electron chi connectivity index (χ4n) is 2.59. The van der Waals surface area contributed by atoms with Crippen LogP contribution in [0.3, 0.4) is 0 Å². The number of hydrogen-bond donors (Lipinski definition) is 1. The Morgan fingerprint density at radius 1 is 1.25 bits per heavy atom. The van der Waals surface area contributed by atoms with Crippen molar-refractivity contribution >= 4 is 37.1 Å². The molecule has 9 heteroatoms. The Morgan fingerprint density at radius 3 is 2.58 bits per heavy atom. The maximum atomic E-state index is 12.2. The molecule has 0 radical (unpaired) electrons. The molecule has 0 saturated heterocycles. The largest absolute Gasteiger partial charge is 0.326 e. The molecule has 7 nitrogen and oxygen atoms in total. The molecule has 0 atom stereocenters. The predicted octanol–water partition coefficient (Wildman–Crippen LogP) is 1.16. The van der Waals surface area contributed by atoms with Gasteiger partial charge in [0.15, 0.2) is 0 Å². The van der Waals surface area contributed by atoms with Crippen LogP contribution in [0.15, 0.2) is 18.2 Å². The van der Waals surface area contributed by atoms with Gasteiger partial charge in [-0.25, -0.2) is 16.8 Å². The number of sulfonamides is 1. The lowest BCUT2D eigenvalue weighted by molar-refractivity contribution is -0.115. The second-order valence-electron chi connectivity index (χ2n) is 5.85. The van der Waals surface area contributed by atoms with Gasteiger partial charge >= 0.3 is 0 Å². The second-order valence-corrected chi connectivity index (χ2v) is 10.3. The first-order valence-electron chi connectivity index (χ1n) is 7.73. The minimum absolute atomic E-state index is 0.0381. The second kappa shape index (κ2) is 7.10. The van der Waals surface area contributed by atoms with Crippen LogP contribution < -0.4 is 9.62 Å². The van der Waals surface area contributed by atoms with Gasteiger partial charge in [-0.05, 0) is 43.5 Å². The number of aryl methyl sites for hydroxylation is 1. The van der Waals surface area contributed by atoms with Crippen LogP contribution >= 0.6 is 0 Å². The van der Waals surface area contributed by atoms with Gasteiger partial charge in [-0.2, -0.15) is 0 Å². The van der Waals surface area contributed by atoms with Crippen LogP contribution in [0.2, 0.25) is 0 Å². The first-order chi connectivity index (χ1) is 11.1. The van der Waals surface area contributed by atoms with Gasteiger partial charge < -0.3 is 5.32 Å². The zero-order valence-corrected chi connectivity index (χ0v) is 15.4. The van der Waals surface area contributed by atoms with Crippen molar-refractivity contribution in [3.63, 3.8) is 0 Å². The van der Waals surface area contributed by atoms with Crippen molar-refractivity contribution in [2.24, 2.45) is 0 Å². The summed E-state index contributed by atoms with van der Waals surface area (Å²) in [6.07, 6.45) is 2.43. The number of sulfone groups is 1. The Hall–Kier alpha value is -1.61. The van der Waals surface area contributed by atoms with E-state index in [0.29, 0.717) is 17.9 Å². The molecule has 1 N–H and O–H groups in total. The molecule has 0 aliphatic carbocycles. The first-order valence-corrected chi connectivity index (χ1v) is 11.4. The zero-order chi connectivity index (χ0) is 18.0. The van der Waals surface area contributed by atoms with E-state index in [0.717, 1.165) is 24.7 Å². The van der Waals surface area contributed by atoms with E-state index in [9.17, 15) is 21.6 Å². The van der Waals surface area contributed by atoms with Gasteiger partial charge in [0.25, 0.3) is 0 Å². The van der Waals surface area contributed by atoms with Crippen molar-refractivity contribution in [3.05, 3.63) is 23.8 Å². The molecule has 0 bridgehead atoms. The highest BCUT2D eigenvalue weighted by molar-refractivity contribution is 7.92. The normalized spacial score (nSPS) is 15.0. The topological polar surface area (TPSA) is 101 Å². The van der Waals surface area contributed by atoms with E-state index >= 15 is 0 Å². The number of fused-ring (bicyclic) bond motifs is 1. The highest BCUT2D eigenvalue weighted by Gasteiger charge is 2.26. The van der Waals surface area contributed by atoms with E-state index in [1.165, 1.54) is 4.31 Å². The van der Waals surface area contributed by atoms with Crippen LogP contribution in [0.5, 0.6) is 0 Å². The van der Waals surface area contributed by atoms with Crippen LogP contribution in [-0.2, 0) is 31.1 Å². The fourth-order valence-corrected chi connectivity index (χ4v) is 4.34. The summed E-state index contributed by atoms with van der Waals surface area (Å²) < 4.78 is 47.9. The number of hydrogen-bond acceptors (Lipinski definition) is 5. The van der Waals surface area contributed by atoms with Gasteiger partial charge in [-0.3, -0.25) is 9.10 Å². The Kier molecular flexibility index (Phi) is 5.54. The highest BCUT2D eigenvalue weighted by Crippen LogP contribution is 2.31. The summed E-state index contributed by atoms with van der Waals surface area (Å²) >= 11 is 0. The lowest BCUT2D eigenvalue weighted by atomic mass is 10.0. The Bertz CT molecular complexity index is 831. The Balaban J connectivity index is 2.15. The highest BCUT2D eigenvalue weighted by atomic mass is 32.2. The molecule has 1 aliphatic heterocycles. The number of nitrogens with zero attached hydrogens (tertiary/aromatic N) is 1. The van der Waals surface area contributed by atoms with E-state index in [1.54, 1.807) is 25.1 Å². The lowest BCUT2D eigenvalue weighted by Gasteiger charge is -2.30. The van der Waals surface area contributed by atoms with E-state index < -0.39 is 19.9 Å². The molecule has 1 aromatic carbocycles. The lowest BCUT2D eigenvalue weighted by Crippen LogP contribution is -2.36. The molecule has 1 aliphatic rings. The summed E-state index contributed by atoms with van der Waals surface area (Å²) in [5.74, 6) is -0.544. The van der Waals surface area contributed by atoms with E-state index in [-0.39, 0.29) is 23.8 Å². The van der Waals surface area contributed by atoms with Crippen LogP contribution in [0.25, 0.3) is 0 Å². The van der Waals surface area contributed by atoms with Gasteiger partial charge in [0, 0.05) is 24.9 Å². The molecule has 1 heterocycles. The molecule has 24 heavy (non-hydrogen) atoms. The molecular weight excluding hydrogens is 352 g/mol. The molecule has 2 rings (SSSR count). The van der Waals surface area contributed by atoms with Gasteiger partial charge in [-0.1, -0.05) is 0 Å². The molecule has 0 spiro atoms. The third kappa shape index (κ3) is 4.70. The summed E-state index contributed by atoms with van der Waals surface area (Å²) in [5, 5.41) is 2.66. The van der Waals surface area contributed by atoms with E-state index in [4.69, 9.17) is 0 Å². The summed E-state index contributed by atoms with van der Waals surface area (Å²) in [6.45, 7) is 2.07. The van der Waals surface area contributed by atoms with Crippen molar-refractivity contribution in [2.45, 2.75) is 26.2 Å². The van der Waals surface area contributed by atoms with Crippen LogP contribution in [0.1, 0.15) is 25.3 Å². The maximum absolute atomic E-state index is 12.2. The molecule has 134 valence electrons. The molecule has 0 saturated carbocycles. The smallest absolute Gasteiger partial charge is 0.234 e. The quantitative estimate of drug-likeness (QED) is 0.805. The van der Waals surface area contributed by atoms with Gasteiger partial charge in [0.2, 0.25) is 15.9 Å². The average Bonchev–Trinajstić information content (AvgIpc) is 2.51. The maximum Gasteiger partial charge on any atom is 0.234 e. The fraction of sp³-hybridized carbons (Fsp3) is 0.533. The van der Waals surface area contributed by atoms with E-state index in [2.05, 4.69) is 5.32 Å². The monoisotopic (exact) mass is 374 g/mol. The zero-order valence-electron chi connectivity index (χ0n) is 13.8. The number of rotatable bonds is 6. The number of nitrogens with one attached hydrogen (secondary N) is 1. The Morgan fingerprint density at radius 2 is 1.96 bits per heavy atom. The third-order valence-electron chi connectivity index (χ3n) is 3.84. The van der Waals surface area contributed by atoms with E-state index in [1.807, 2.05) is 0 Å². The van der Waals surface area contributed by atoms with Crippen LogP contribution in [0.4, 0.5) is 11.4 Å². The van der Waals surface area contributed by atoms with Crippen molar-refractivity contribution in [3.8, 4) is 0 Å². The summed E-state index contributed by atoms with van der Waals surface area (Å²) in [5.41, 5.74) is 2.06. The van der Waals surface area contributed by atoms with Gasteiger partial charge in [-0.15, -0.1) is 0 Å². The first kappa shape index (κ1) is 18.7. The summed E-state index contributed by atoms with van der Waals surface area (Å²) in [6, 6.07) is 5.08. The third-order valence-corrected chi connectivity index (χ3v) is 6.57. The average molecular weight is 374 g/mol. The summed E-state index contributed by atoms with van der Waals surface area (Å²) in [7, 11) is -6.50. The molecule has 1 amide bonds. The number of anilines is 2. The number of carbonyl (C=O) groups is 1. The standard InChI is InChI=1S/C15H22N2O5S2/c1-3-24(21,22)17-9-4-5-12-11-13(6-7-14(12)17)16-15(18)8-10-23(2,19)20/h6-7,11H,3-5,8-10H2,1-2H3,(H,16,18). The SMILES string of the molecule is CCS(=O)(=O)N1CCCc2cc(NC(=O)CCS(C)(=O)=O)ccc21. The number of benzene rings is 1. The minimum Gasteiger partial charge on any atom is -0.326 e. The van der Waals surface area contributed by atoms with Gasteiger partial charge in [0.05, 0.1) is 17.2 Å². The van der Waals surface area contributed by atoms with Gasteiger partial charge in [0.1, 0.15) is 9.84 Å². The van der Waals surface area contributed by atoms with Crippen molar-refractivity contribution in [1.82, 2.24) is 0 Å². The minimum atomic E-state index is -3.32. The predicted molar refractivity (Wildman–Crippen MR) is 94.5 cm³/mol.